The summed E-state index contributed by atoms with van der Waals surface area (Å²) in [6.07, 6.45) is 11.2. The molecule has 0 radical (unpaired) electrons. The Kier molecular flexibility index (Phi) is 7.66. The number of hydrogen-bond acceptors (Lipinski definition) is 5. The Morgan fingerprint density at radius 2 is 1.61 bits per heavy atom. The largest absolute Gasteiger partial charge is 0.465 e. The van der Waals surface area contributed by atoms with Crippen molar-refractivity contribution in [2.24, 2.45) is 61.8 Å². The highest BCUT2D eigenvalue weighted by Gasteiger charge is 2.71. The fraction of sp³-hybridized carbons (Fsp3) is 0.882. The number of ether oxygens (including phenoxy) is 2. The third-order valence-corrected chi connectivity index (χ3v) is 14.3. The number of rotatable bonds is 6. The third-order valence-electron chi connectivity index (χ3n) is 14.3. The van der Waals surface area contributed by atoms with Crippen LogP contribution in [0.25, 0.3) is 10.4 Å². The van der Waals surface area contributed by atoms with Gasteiger partial charge < -0.3 is 9.47 Å². The molecule has 0 aromatic heterocycles. The molecule has 0 aromatic carbocycles. The number of nitrogens with zero attached hydrogens (tertiary/aromatic N) is 3. The van der Waals surface area contributed by atoms with Gasteiger partial charge >= 0.3 is 11.9 Å². The smallest absolute Gasteiger partial charge is 0.302 e. The minimum absolute atomic E-state index is 0.00717. The minimum atomic E-state index is -0.197. The van der Waals surface area contributed by atoms with Gasteiger partial charge in [-0.2, -0.15) is 0 Å². The summed E-state index contributed by atoms with van der Waals surface area (Å²) in [7, 11) is 0. The van der Waals surface area contributed by atoms with E-state index in [1.165, 1.54) is 32.6 Å². The topological polar surface area (TPSA) is 101 Å². The molecule has 2 unspecified atom stereocenters. The summed E-state index contributed by atoms with van der Waals surface area (Å²) >= 11 is 0. The Balaban J connectivity index is 1.50. The molecule has 10 atom stereocenters. The number of carbonyl (C=O) groups excluding carboxylic acids is 2. The van der Waals surface area contributed by atoms with Crippen LogP contribution in [0.5, 0.6) is 0 Å². The third kappa shape index (κ3) is 4.46. The molecular weight excluding hydrogens is 514 g/mol. The van der Waals surface area contributed by atoms with Gasteiger partial charge in [-0.15, -0.1) is 0 Å². The molecule has 5 aliphatic rings. The lowest BCUT2D eigenvalue weighted by Gasteiger charge is -2.73. The lowest BCUT2D eigenvalue weighted by atomic mass is 9.32. The molecule has 5 aliphatic carbocycles. The van der Waals surface area contributed by atoms with E-state index in [9.17, 15) is 9.59 Å². The highest BCUT2D eigenvalue weighted by atomic mass is 16.5. The first-order valence-electron chi connectivity index (χ1n) is 16.2. The van der Waals surface area contributed by atoms with Gasteiger partial charge in [-0.3, -0.25) is 9.59 Å². The van der Waals surface area contributed by atoms with E-state index < -0.39 is 0 Å². The van der Waals surface area contributed by atoms with Gasteiger partial charge in [0, 0.05) is 36.1 Å². The molecule has 5 fully saturated rings. The van der Waals surface area contributed by atoms with E-state index in [1.807, 2.05) is 0 Å². The standard InChI is InChI=1S/C34H53N3O4/c1-21(19-36-37-35)24-11-16-34(20-40-22(2)38)18-17-32(7)25(29(24)34)9-10-27-31(6)14-13-28(41-23(3)39)30(4,5)26(31)12-15-33(27,32)8/h24-29H,1,9-20H2,2-8H3/t24-,25?,26-,27?,28-,29+,31-,32+,33+,34+/m0/s1. The zero-order chi connectivity index (χ0) is 30.0. The Bertz CT molecular complexity index is 1140. The van der Waals surface area contributed by atoms with Crippen LogP contribution in [0.4, 0.5) is 0 Å². The van der Waals surface area contributed by atoms with Crippen LogP contribution in [0, 0.1) is 56.7 Å². The van der Waals surface area contributed by atoms with Crippen molar-refractivity contribution in [3.63, 3.8) is 0 Å². The van der Waals surface area contributed by atoms with Crippen molar-refractivity contribution in [1.29, 1.82) is 0 Å². The maximum Gasteiger partial charge on any atom is 0.302 e. The lowest BCUT2D eigenvalue weighted by Crippen LogP contribution is -2.67. The van der Waals surface area contributed by atoms with Crippen LogP contribution >= 0.6 is 0 Å². The van der Waals surface area contributed by atoms with Crippen LogP contribution in [0.15, 0.2) is 17.3 Å². The molecule has 0 saturated heterocycles. The summed E-state index contributed by atoms with van der Waals surface area (Å²) in [6, 6.07) is 0. The van der Waals surface area contributed by atoms with E-state index in [-0.39, 0.29) is 45.1 Å². The van der Waals surface area contributed by atoms with E-state index >= 15 is 0 Å². The monoisotopic (exact) mass is 567 g/mol. The van der Waals surface area contributed by atoms with Crippen LogP contribution in [-0.4, -0.2) is 31.2 Å². The zero-order valence-electron chi connectivity index (χ0n) is 26.6. The summed E-state index contributed by atoms with van der Waals surface area (Å²) in [6.45, 7) is 20.9. The Labute approximate surface area is 247 Å². The molecule has 0 heterocycles. The second-order valence-electron chi connectivity index (χ2n) is 16.0. The van der Waals surface area contributed by atoms with Crippen LogP contribution in [0.3, 0.4) is 0 Å². The second kappa shape index (κ2) is 10.3. The molecule has 0 aromatic rings. The van der Waals surface area contributed by atoms with Crippen molar-refractivity contribution in [2.45, 2.75) is 119 Å². The maximum atomic E-state index is 12.0. The number of azide groups is 1. The number of esters is 2. The number of fused-ring (bicyclic) bond motifs is 7. The molecule has 0 amide bonds. The van der Waals surface area contributed by atoms with Crippen LogP contribution in [-0.2, 0) is 19.1 Å². The van der Waals surface area contributed by atoms with Gasteiger partial charge in [0.05, 0.1) is 6.61 Å². The van der Waals surface area contributed by atoms with Gasteiger partial charge in [0.15, 0.2) is 0 Å². The first-order valence-corrected chi connectivity index (χ1v) is 16.2. The highest BCUT2D eigenvalue weighted by Crippen LogP contribution is 2.77. The molecule has 7 heteroatoms. The maximum absolute atomic E-state index is 12.0. The number of carbonyl (C=O) groups is 2. The predicted molar refractivity (Wildman–Crippen MR) is 159 cm³/mol. The van der Waals surface area contributed by atoms with Gasteiger partial charge in [-0.1, -0.05) is 51.9 Å². The molecule has 228 valence electrons. The average molecular weight is 568 g/mol. The normalized spacial score (nSPS) is 46.0. The van der Waals surface area contributed by atoms with Crippen molar-refractivity contribution in [1.82, 2.24) is 0 Å². The quantitative estimate of drug-likeness (QED) is 0.106. The Hall–Kier alpha value is -2.01. The summed E-state index contributed by atoms with van der Waals surface area (Å²) in [5.41, 5.74) is 10.6. The SMILES string of the molecule is C=C(CN=[N+]=[N-])[C@@H]1CC[C@]2(COC(C)=O)CC[C@]3(C)C(CCC4[C@@]5(C)CC[C@H](OC(C)=O)C(C)(C)[C@@H]5CC[C@]43C)[C@@H]12. The van der Waals surface area contributed by atoms with Crippen molar-refractivity contribution < 1.29 is 19.1 Å². The Morgan fingerprint density at radius 1 is 0.878 bits per heavy atom. The fourth-order valence-corrected chi connectivity index (χ4v) is 12.3. The molecular formula is C34H53N3O4. The molecule has 7 nitrogen and oxygen atoms in total. The van der Waals surface area contributed by atoms with Gasteiger partial charge in [-0.25, -0.2) is 0 Å². The van der Waals surface area contributed by atoms with Crippen molar-refractivity contribution in [3.8, 4) is 0 Å². The molecule has 0 bridgehead atoms. The molecule has 41 heavy (non-hydrogen) atoms. The molecule has 0 N–H and O–H groups in total. The molecule has 0 spiro atoms. The first-order chi connectivity index (χ1) is 19.2. The van der Waals surface area contributed by atoms with Crippen molar-refractivity contribution >= 4 is 11.9 Å². The summed E-state index contributed by atoms with van der Waals surface area (Å²) in [5.74, 6) is 2.01. The molecule has 5 saturated carbocycles. The van der Waals surface area contributed by atoms with E-state index in [0.29, 0.717) is 42.7 Å². The number of hydrogen-bond donors (Lipinski definition) is 0. The average Bonchev–Trinajstić information content (AvgIpc) is 3.28. The van der Waals surface area contributed by atoms with Gasteiger partial charge in [0.25, 0.3) is 0 Å². The lowest BCUT2D eigenvalue weighted by molar-refractivity contribution is -0.252. The van der Waals surface area contributed by atoms with Crippen molar-refractivity contribution in [2.75, 3.05) is 13.2 Å². The molecule has 5 rings (SSSR count). The predicted octanol–water partition coefficient (Wildman–Crippen LogP) is 8.43. The van der Waals surface area contributed by atoms with Gasteiger partial charge in [0.2, 0.25) is 0 Å². The van der Waals surface area contributed by atoms with E-state index in [0.717, 1.165) is 44.1 Å². The zero-order valence-corrected chi connectivity index (χ0v) is 26.6. The minimum Gasteiger partial charge on any atom is -0.465 e. The van der Waals surface area contributed by atoms with Crippen molar-refractivity contribution in [3.05, 3.63) is 22.6 Å². The van der Waals surface area contributed by atoms with Crippen LogP contribution in [0.2, 0.25) is 0 Å². The van der Waals surface area contributed by atoms with E-state index in [2.05, 4.69) is 51.2 Å². The summed E-state index contributed by atoms with van der Waals surface area (Å²) in [4.78, 5) is 27.0. The first kappa shape index (κ1) is 30.4. The summed E-state index contributed by atoms with van der Waals surface area (Å²) in [5, 5.41) is 3.91. The van der Waals surface area contributed by atoms with Crippen LogP contribution in [0.1, 0.15) is 113 Å². The molecule has 0 aliphatic heterocycles. The summed E-state index contributed by atoms with van der Waals surface area (Å²) < 4.78 is 11.7. The Morgan fingerprint density at radius 3 is 2.27 bits per heavy atom. The van der Waals surface area contributed by atoms with Gasteiger partial charge in [-0.05, 0) is 116 Å². The highest BCUT2D eigenvalue weighted by molar-refractivity contribution is 5.66. The van der Waals surface area contributed by atoms with E-state index in [1.54, 1.807) is 6.92 Å². The van der Waals surface area contributed by atoms with E-state index in [4.69, 9.17) is 15.0 Å². The second-order valence-corrected chi connectivity index (χ2v) is 16.0. The van der Waals surface area contributed by atoms with Gasteiger partial charge in [0.1, 0.15) is 6.10 Å². The fourth-order valence-electron chi connectivity index (χ4n) is 12.3. The van der Waals surface area contributed by atoms with Crippen LogP contribution < -0.4 is 0 Å².